The Kier molecular flexibility index (Phi) is 3.55. The molecule has 1 saturated carbocycles. The van der Waals surface area contributed by atoms with Gasteiger partial charge in [-0.1, -0.05) is 25.3 Å². The topological polar surface area (TPSA) is 12.9 Å². The summed E-state index contributed by atoms with van der Waals surface area (Å²) in [6.45, 7) is 2.20. The number of aromatic nitrogens is 1. The molecule has 0 aliphatic heterocycles. The van der Waals surface area contributed by atoms with Gasteiger partial charge in [-0.3, -0.25) is 4.98 Å². The molecule has 1 nitrogen and oxygen atoms in total. The first-order chi connectivity index (χ1) is 8.77. The van der Waals surface area contributed by atoms with E-state index in [2.05, 4.69) is 52.7 Å². The Morgan fingerprint density at radius 3 is 2.78 bits per heavy atom. The van der Waals surface area contributed by atoms with Crippen LogP contribution in [0.2, 0.25) is 0 Å². The van der Waals surface area contributed by atoms with Crippen LogP contribution in [0.3, 0.4) is 0 Å². The molecule has 1 heterocycles. The fourth-order valence-electron chi connectivity index (χ4n) is 3.10. The molecule has 0 atom stereocenters. The minimum atomic E-state index is 0.727. The number of fused-ring (bicyclic) bond motifs is 1. The lowest BCUT2D eigenvalue weighted by Gasteiger charge is -2.23. The smallest absolute Gasteiger partial charge is 0.0740 e. The Bertz CT molecular complexity index is 571. The van der Waals surface area contributed by atoms with Crippen LogP contribution in [0.15, 0.2) is 24.4 Å². The average Bonchev–Trinajstić information content (AvgIpc) is 2.44. The molecular weight excluding hydrogens is 333 g/mol. The Labute approximate surface area is 122 Å². The molecule has 2 aromatic rings. The number of pyridine rings is 1. The second kappa shape index (κ2) is 5.16. The number of aryl methyl sites for hydroxylation is 1. The minimum absolute atomic E-state index is 0.727. The predicted molar refractivity (Wildman–Crippen MR) is 85.0 cm³/mol. The van der Waals surface area contributed by atoms with Crippen molar-refractivity contribution in [2.75, 3.05) is 0 Å². The van der Waals surface area contributed by atoms with Crippen molar-refractivity contribution in [1.82, 2.24) is 4.98 Å². The standard InChI is InChI=1S/C16H18IN/c1-11-13-8-5-9-18-16(13)14(10-15(11)17)12-6-3-2-4-7-12/h5,8-10,12H,2-4,6-7H2,1H3. The summed E-state index contributed by atoms with van der Waals surface area (Å²) in [5, 5.41) is 1.34. The van der Waals surface area contributed by atoms with E-state index >= 15 is 0 Å². The summed E-state index contributed by atoms with van der Waals surface area (Å²) in [6, 6.07) is 6.64. The SMILES string of the molecule is Cc1c(I)cc(C2CCCCC2)c2ncccc12. The molecule has 1 aliphatic rings. The zero-order valence-corrected chi connectivity index (χ0v) is 12.9. The van der Waals surface area contributed by atoms with Crippen LogP contribution in [-0.4, -0.2) is 4.98 Å². The molecule has 1 aromatic heterocycles. The van der Waals surface area contributed by atoms with Crippen molar-refractivity contribution in [3.63, 3.8) is 0 Å². The summed E-state index contributed by atoms with van der Waals surface area (Å²) in [5.74, 6) is 0.727. The highest BCUT2D eigenvalue weighted by atomic mass is 127. The Balaban J connectivity index is 2.18. The highest BCUT2D eigenvalue weighted by Gasteiger charge is 2.19. The molecule has 94 valence electrons. The van der Waals surface area contributed by atoms with Crippen molar-refractivity contribution in [2.45, 2.75) is 44.9 Å². The number of hydrogen-bond donors (Lipinski definition) is 0. The molecule has 0 saturated heterocycles. The Morgan fingerprint density at radius 2 is 2.00 bits per heavy atom. The molecule has 0 amide bonds. The van der Waals surface area contributed by atoms with E-state index in [9.17, 15) is 0 Å². The van der Waals surface area contributed by atoms with Crippen molar-refractivity contribution in [2.24, 2.45) is 0 Å². The van der Waals surface area contributed by atoms with Crippen molar-refractivity contribution >= 4 is 33.5 Å². The normalized spacial score (nSPS) is 17.2. The molecule has 0 N–H and O–H groups in total. The molecule has 18 heavy (non-hydrogen) atoms. The largest absolute Gasteiger partial charge is 0.256 e. The summed E-state index contributed by atoms with van der Waals surface area (Å²) >= 11 is 2.47. The molecule has 0 spiro atoms. The number of halogens is 1. The third kappa shape index (κ3) is 2.15. The van der Waals surface area contributed by atoms with Crippen LogP contribution in [0.25, 0.3) is 10.9 Å². The van der Waals surface area contributed by atoms with Gasteiger partial charge in [0, 0.05) is 15.2 Å². The maximum atomic E-state index is 4.65. The fraction of sp³-hybridized carbons (Fsp3) is 0.438. The first-order valence-corrected chi connectivity index (χ1v) is 7.89. The van der Waals surface area contributed by atoms with Crippen LogP contribution < -0.4 is 0 Å². The van der Waals surface area contributed by atoms with E-state index in [1.165, 1.54) is 57.7 Å². The molecular formula is C16H18IN. The van der Waals surface area contributed by atoms with Crippen LogP contribution in [0.4, 0.5) is 0 Å². The van der Waals surface area contributed by atoms with E-state index in [0.29, 0.717) is 0 Å². The molecule has 1 fully saturated rings. The van der Waals surface area contributed by atoms with E-state index in [1.807, 2.05) is 6.20 Å². The Morgan fingerprint density at radius 1 is 1.22 bits per heavy atom. The maximum absolute atomic E-state index is 4.65. The summed E-state index contributed by atoms with van der Waals surface area (Å²) in [4.78, 5) is 4.65. The minimum Gasteiger partial charge on any atom is -0.256 e. The summed E-state index contributed by atoms with van der Waals surface area (Å²) in [7, 11) is 0. The van der Waals surface area contributed by atoms with E-state index < -0.39 is 0 Å². The zero-order valence-electron chi connectivity index (χ0n) is 10.7. The molecule has 0 bridgehead atoms. The monoisotopic (exact) mass is 351 g/mol. The van der Waals surface area contributed by atoms with Crippen LogP contribution >= 0.6 is 22.6 Å². The van der Waals surface area contributed by atoms with Crippen molar-refractivity contribution in [3.05, 3.63) is 39.1 Å². The number of nitrogens with zero attached hydrogens (tertiary/aromatic N) is 1. The van der Waals surface area contributed by atoms with Gasteiger partial charge in [-0.05, 0) is 71.5 Å². The van der Waals surface area contributed by atoms with Crippen LogP contribution in [0.1, 0.15) is 49.1 Å². The second-order valence-electron chi connectivity index (χ2n) is 5.31. The fourth-order valence-corrected chi connectivity index (χ4v) is 3.73. The number of hydrogen-bond acceptors (Lipinski definition) is 1. The second-order valence-corrected chi connectivity index (χ2v) is 6.47. The first-order valence-electron chi connectivity index (χ1n) is 6.81. The summed E-state index contributed by atoms with van der Waals surface area (Å²) in [6.07, 6.45) is 8.77. The van der Waals surface area contributed by atoms with E-state index in [1.54, 1.807) is 0 Å². The molecule has 2 heteroatoms. The van der Waals surface area contributed by atoms with Crippen molar-refractivity contribution < 1.29 is 0 Å². The third-order valence-electron chi connectivity index (χ3n) is 4.17. The van der Waals surface area contributed by atoms with Gasteiger partial charge in [0.1, 0.15) is 0 Å². The maximum Gasteiger partial charge on any atom is 0.0740 e. The highest BCUT2D eigenvalue weighted by molar-refractivity contribution is 14.1. The molecule has 1 aromatic carbocycles. The molecule has 0 unspecified atom stereocenters. The van der Waals surface area contributed by atoms with Gasteiger partial charge in [-0.2, -0.15) is 0 Å². The Hall–Kier alpha value is -0.640. The van der Waals surface area contributed by atoms with Gasteiger partial charge in [0.05, 0.1) is 5.52 Å². The van der Waals surface area contributed by atoms with Crippen LogP contribution in [-0.2, 0) is 0 Å². The quantitative estimate of drug-likeness (QED) is 0.644. The highest BCUT2D eigenvalue weighted by Crippen LogP contribution is 2.37. The van der Waals surface area contributed by atoms with Gasteiger partial charge in [0.2, 0.25) is 0 Å². The lowest BCUT2D eigenvalue weighted by atomic mass is 9.83. The van der Waals surface area contributed by atoms with Crippen molar-refractivity contribution in [3.8, 4) is 0 Å². The zero-order chi connectivity index (χ0) is 12.5. The molecule has 3 rings (SSSR count). The van der Waals surface area contributed by atoms with Gasteiger partial charge in [0.25, 0.3) is 0 Å². The lowest BCUT2D eigenvalue weighted by Crippen LogP contribution is -2.06. The lowest BCUT2D eigenvalue weighted by molar-refractivity contribution is 0.445. The van der Waals surface area contributed by atoms with E-state index in [4.69, 9.17) is 0 Å². The first kappa shape index (κ1) is 12.4. The molecule has 0 radical (unpaired) electrons. The summed E-state index contributed by atoms with van der Waals surface area (Å²) in [5.41, 5.74) is 4.10. The number of benzene rings is 1. The third-order valence-corrected chi connectivity index (χ3v) is 5.29. The van der Waals surface area contributed by atoms with Gasteiger partial charge < -0.3 is 0 Å². The predicted octanol–water partition coefficient (Wildman–Crippen LogP) is 5.20. The van der Waals surface area contributed by atoms with E-state index in [-0.39, 0.29) is 0 Å². The van der Waals surface area contributed by atoms with E-state index in [0.717, 1.165) is 5.92 Å². The van der Waals surface area contributed by atoms with Crippen LogP contribution in [0.5, 0.6) is 0 Å². The van der Waals surface area contributed by atoms with Gasteiger partial charge >= 0.3 is 0 Å². The van der Waals surface area contributed by atoms with Gasteiger partial charge in [-0.15, -0.1) is 0 Å². The molecule has 1 aliphatic carbocycles. The number of rotatable bonds is 1. The van der Waals surface area contributed by atoms with Crippen LogP contribution in [0, 0.1) is 10.5 Å². The summed E-state index contributed by atoms with van der Waals surface area (Å²) < 4.78 is 1.38. The van der Waals surface area contributed by atoms with Gasteiger partial charge in [0.15, 0.2) is 0 Å². The van der Waals surface area contributed by atoms with Crippen molar-refractivity contribution in [1.29, 1.82) is 0 Å². The van der Waals surface area contributed by atoms with Gasteiger partial charge in [-0.25, -0.2) is 0 Å². The average molecular weight is 351 g/mol.